The number of nitrogen functional groups attached to an aromatic ring is 1. The van der Waals surface area contributed by atoms with Crippen molar-refractivity contribution in [1.29, 1.82) is 0 Å². The molecule has 148 valence electrons. The van der Waals surface area contributed by atoms with Crippen LogP contribution in [0.5, 0.6) is 0 Å². The molecule has 0 aliphatic carbocycles. The quantitative estimate of drug-likeness (QED) is 0.673. The highest BCUT2D eigenvalue weighted by molar-refractivity contribution is 5.99. The van der Waals surface area contributed by atoms with Crippen molar-refractivity contribution >= 4 is 34.3 Å². The van der Waals surface area contributed by atoms with Crippen LogP contribution in [0.25, 0.3) is 10.9 Å². The average Bonchev–Trinajstić information content (AvgIpc) is 3.14. The minimum atomic E-state index is -0.508. The van der Waals surface area contributed by atoms with Crippen LogP contribution in [0.3, 0.4) is 0 Å². The number of para-hydroxylation sites is 1. The molecule has 7 nitrogen and oxygen atoms in total. The normalized spacial score (nSPS) is 16.4. The van der Waals surface area contributed by atoms with Crippen molar-refractivity contribution in [1.82, 2.24) is 9.97 Å². The third kappa shape index (κ3) is 3.89. The molecule has 1 aliphatic heterocycles. The van der Waals surface area contributed by atoms with E-state index in [1.54, 1.807) is 4.90 Å². The number of aromatic nitrogens is 2. The van der Waals surface area contributed by atoms with Gasteiger partial charge in [-0.3, -0.25) is 9.59 Å². The van der Waals surface area contributed by atoms with Gasteiger partial charge in [0.2, 0.25) is 5.91 Å². The highest BCUT2D eigenvalue weighted by atomic mass is 16.5. The minimum absolute atomic E-state index is 0.0796. The maximum absolute atomic E-state index is 12.5. The minimum Gasteiger partial charge on any atom is -0.457 e. The summed E-state index contributed by atoms with van der Waals surface area (Å²) < 4.78 is 5.39. The Morgan fingerprint density at radius 2 is 1.93 bits per heavy atom. The van der Waals surface area contributed by atoms with Crippen molar-refractivity contribution in [2.75, 3.05) is 17.2 Å². The number of hydrogen-bond donors (Lipinski definition) is 1. The Labute approximate surface area is 168 Å². The molecule has 0 spiro atoms. The maximum atomic E-state index is 12.5. The molecule has 0 saturated carbocycles. The summed E-state index contributed by atoms with van der Waals surface area (Å²) in [6.07, 6.45) is 1.07. The molecule has 2 aromatic carbocycles. The van der Waals surface area contributed by atoms with Crippen LogP contribution in [-0.2, 0) is 27.4 Å². The van der Waals surface area contributed by atoms with Crippen molar-refractivity contribution < 1.29 is 14.3 Å². The third-order valence-corrected chi connectivity index (χ3v) is 5.14. The van der Waals surface area contributed by atoms with Gasteiger partial charge in [-0.1, -0.05) is 31.2 Å². The second-order valence-electron chi connectivity index (χ2n) is 7.08. The first-order valence-electron chi connectivity index (χ1n) is 9.62. The lowest BCUT2D eigenvalue weighted by molar-refractivity contribution is -0.149. The Morgan fingerprint density at radius 3 is 2.69 bits per heavy atom. The molecule has 1 atom stereocenters. The van der Waals surface area contributed by atoms with Gasteiger partial charge < -0.3 is 15.4 Å². The number of carbonyl (C=O) groups excluding carboxylic acids is 2. The number of carbonyl (C=O) groups is 2. The van der Waals surface area contributed by atoms with E-state index in [4.69, 9.17) is 10.5 Å². The molecule has 2 heterocycles. The lowest BCUT2D eigenvalue weighted by atomic mass is 10.1. The first-order chi connectivity index (χ1) is 14.0. The van der Waals surface area contributed by atoms with Crippen LogP contribution in [0, 0.1) is 5.92 Å². The van der Waals surface area contributed by atoms with E-state index in [9.17, 15) is 9.59 Å². The first kappa shape index (κ1) is 18.9. The maximum Gasteiger partial charge on any atom is 0.311 e. The van der Waals surface area contributed by atoms with Crippen molar-refractivity contribution in [3.63, 3.8) is 0 Å². The summed E-state index contributed by atoms with van der Waals surface area (Å²) in [5.74, 6) is -0.333. The number of benzene rings is 2. The molecule has 1 saturated heterocycles. The molecule has 1 aromatic heterocycles. The molecule has 4 rings (SSSR count). The average molecular weight is 390 g/mol. The Bertz CT molecular complexity index is 1070. The van der Waals surface area contributed by atoms with E-state index in [-0.39, 0.29) is 18.9 Å². The fraction of sp³-hybridized carbons (Fsp3) is 0.273. The number of aryl methyl sites for hydroxylation is 1. The number of fused-ring (bicyclic) bond motifs is 1. The standard InChI is InChI=1S/C22H22N4O3/c1-2-14-7-9-16(10-8-14)26-12-15(11-20(26)27)22(28)29-13-19-24-18-6-4-3-5-17(18)21(23)25-19/h3-10,15H,2,11-13H2,1H3,(H2,23,24,25)/t15-/m0/s1. The second kappa shape index (κ2) is 7.87. The van der Waals surface area contributed by atoms with Crippen LogP contribution in [-0.4, -0.2) is 28.4 Å². The number of amides is 1. The van der Waals surface area contributed by atoms with E-state index in [0.717, 1.165) is 17.5 Å². The van der Waals surface area contributed by atoms with Gasteiger partial charge in [-0.25, -0.2) is 9.97 Å². The molecule has 7 heteroatoms. The van der Waals surface area contributed by atoms with E-state index in [1.807, 2.05) is 48.5 Å². The molecule has 29 heavy (non-hydrogen) atoms. The number of nitrogens with two attached hydrogens (primary N) is 1. The summed E-state index contributed by atoms with van der Waals surface area (Å²) in [5, 5.41) is 0.758. The summed E-state index contributed by atoms with van der Waals surface area (Å²) >= 11 is 0. The predicted molar refractivity (Wildman–Crippen MR) is 110 cm³/mol. The third-order valence-electron chi connectivity index (χ3n) is 5.14. The zero-order chi connectivity index (χ0) is 20.4. The van der Waals surface area contributed by atoms with Crippen LogP contribution in [0.2, 0.25) is 0 Å². The lowest BCUT2D eigenvalue weighted by Crippen LogP contribution is -2.26. The molecule has 1 fully saturated rings. The zero-order valence-electron chi connectivity index (χ0n) is 16.2. The molecule has 3 aromatic rings. The fourth-order valence-corrected chi connectivity index (χ4v) is 3.50. The summed E-state index contributed by atoms with van der Waals surface area (Å²) in [6, 6.07) is 15.2. The fourth-order valence-electron chi connectivity index (χ4n) is 3.50. The molecule has 0 radical (unpaired) electrons. The van der Waals surface area contributed by atoms with E-state index in [0.29, 0.717) is 23.7 Å². The number of anilines is 2. The lowest BCUT2D eigenvalue weighted by Gasteiger charge is -2.17. The van der Waals surface area contributed by atoms with Crippen molar-refractivity contribution in [2.24, 2.45) is 5.92 Å². The van der Waals surface area contributed by atoms with Gasteiger partial charge in [0.1, 0.15) is 5.82 Å². The smallest absolute Gasteiger partial charge is 0.311 e. The van der Waals surface area contributed by atoms with Crippen molar-refractivity contribution in [2.45, 2.75) is 26.4 Å². The van der Waals surface area contributed by atoms with E-state index < -0.39 is 11.9 Å². The molecule has 0 bridgehead atoms. The van der Waals surface area contributed by atoms with Crippen molar-refractivity contribution in [3.8, 4) is 0 Å². The van der Waals surface area contributed by atoms with E-state index in [2.05, 4.69) is 16.9 Å². The Morgan fingerprint density at radius 1 is 1.17 bits per heavy atom. The van der Waals surface area contributed by atoms with Gasteiger partial charge in [0.05, 0.1) is 11.4 Å². The Hall–Kier alpha value is -3.48. The topological polar surface area (TPSA) is 98.4 Å². The monoisotopic (exact) mass is 390 g/mol. The molecule has 1 amide bonds. The van der Waals surface area contributed by atoms with Gasteiger partial charge in [-0.2, -0.15) is 0 Å². The molecular formula is C22H22N4O3. The largest absolute Gasteiger partial charge is 0.457 e. The SMILES string of the molecule is CCc1ccc(N2C[C@@H](C(=O)OCc3nc(N)c4ccccc4n3)CC2=O)cc1. The number of rotatable bonds is 5. The second-order valence-corrected chi connectivity index (χ2v) is 7.08. The van der Waals surface area contributed by atoms with Gasteiger partial charge >= 0.3 is 5.97 Å². The van der Waals surface area contributed by atoms with Crippen molar-refractivity contribution in [3.05, 3.63) is 59.9 Å². The molecule has 0 unspecified atom stereocenters. The van der Waals surface area contributed by atoms with Gasteiger partial charge in [0.25, 0.3) is 0 Å². The molecule has 2 N–H and O–H groups in total. The predicted octanol–water partition coefficient (Wildman–Crippen LogP) is 2.87. The number of esters is 1. The van der Waals surface area contributed by atoms with Crippen LogP contribution in [0.1, 0.15) is 24.7 Å². The van der Waals surface area contributed by atoms with Crippen LogP contribution in [0.4, 0.5) is 11.5 Å². The number of nitrogens with zero attached hydrogens (tertiary/aromatic N) is 3. The molecular weight excluding hydrogens is 368 g/mol. The van der Waals surface area contributed by atoms with Gasteiger partial charge in [0.15, 0.2) is 12.4 Å². The van der Waals surface area contributed by atoms with Gasteiger partial charge in [0, 0.05) is 24.0 Å². The summed E-state index contributed by atoms with van der Waals surface area (Å²) in [6.45, 7) is 2.31. The van der Waals surface area contributed by atoms with Crippen LogP contribution >= 0.6 is 0 Å². The number of ether oxygens (including phenoxy) is 1. The summed E-state index contributed by atoms with van der Waals surface area (Å²) in [4.78, 5) is 35.1. The highest BCUT2D eigenvalue weighted by Gasteiger charge is 2.36. The Balaban J connectivity index is 1.41. The first-order valence-corrected chi connectivity index (χ1v) is 9.62. The van der Waals surface area contributed by atoms with E-state index >= 15 is 0 Å². The van der Waals surface area contributed by atoms with Crippen LogP contribution < -0.4 is 10.6 Å². The number of hydrogen-bond acceptors (Lipinski definition) is 6. The van der Waals surface area contributed by atoms with E-state index in [1.165, 1.54) is 5.56 Å². The summed E-state index contributed by atoms with van der Waals surface area (Å²) in [7, 11) is 0. The Kier molecular flexibility index (Phi) is 5.12. The van der Waals surface area contributed by atoms with Crippen LogP contribution in [0.15, 0.2) is 48.5 Å². The van der Waals surface area contributed by atoms with Gasteiger partial charge in [-0.05, 0) is 36.2 Å². The highest BCUT2D eigenvalue weighted by Crippen LogP contribution is 2.26. The summed E-state index contributed by atoms with van der Waals surface area (Å²) in [5.41, 5.74) is 8.66. The zero-order valence-corrected chi connectivity index (χ0v) is 16.2. The molecule has 1 aliphatic rings. The van der Waals surface area contributed by atoms with Gasteiger partial charge in [-0.15, -0.1) is 0 Å².